The van der Waals surface area contributed by atoms with E-state index in [0.29, 0.717) is 17.9 Å². The average Bonchev–Trinajstić information content (AvgIpc) is 3.08. The number of fused-ring (bicyclic) bond motifs is 1. The zero-order valence-electron chi connectivity index (χ0n) is 21.8. The van der Waals surface area contributed by atoms with Crippen LogP contribution < -0.4 is 5.84 Å². The lowest BCUT2D eigenvalue weighted by molar-refractivity contribution is 0.136. The van der Waals surface area contributed by atoms with E-state index in [1.54, 1.807) is 6.08 Å². The zero-order valence-corrected chi connectivity index (χ0v) is 21.8. The molecule has 1 heterocycles. The molecule has 2 rings (SSSR count). The molecule has 2 unspecified atom stereocenters. The Balaban J connectivity index is 2.28. The molecule has 36 heavy (non-hydrogen) atoms. The number of rotatable bonds is 11. The minimum atomic E-state index is -0.224. The van der Waals surface area contributed by atoms with Crippen molar-refractivity contribution in [2.45, 2.75) is 51.6 Å². The molecule has 0 bridgehead atoms. The first-order chi connectivity index (χ1) is 17.0. The number of ether oxygens (including phenoxy) is 1. The molecule has 2 N–H and O–H groups in total. The molecule has 1 aliphatic heterocycles. The lowest BCUT2D eigenvalue weighted by Crippen LogP contribution is -2.43. The Hall–Kier alpha value is -3.83. The summed E-state index contributed by atoms with van der Waals surface area (Å²) < 4.78 is 5.65. The Bertz CT molecular complexity index is 1140. The van der Waals surface area contributed by atoms with Gasteiger partial charge >= 0.3 is 0 Å². The van der Waals surface area contributed by atoms with Gasteiger partial charge in [0.15, 0.2) is 5.57 Å². The van der Waals surface area contributed by atoms with Crippen LogP contribution in [0.15, 0.2) is 83.4 Å². The van der Waals surface area contributed by atoms with Crippen LogP contribution in [0.3, 0.4) is 0 Å². The van der Waals surface area contributed by atoms with Gasteiger partial charge in [0.1, 0.15) is 24.0 Å². The van der Waals surface area contributed by atoms with Gasteiger partial charge in [0, 0.05) is 24.2 Å². The van der Waals surface area contributed by atoms with Crippen molar-refractivity contribution in [3.05, 3.63) is 83.4 Å². The van der Waals surface area contributed by atoms with Gasteiger partial charge in [-0.05, 0) is 63.6 Å². The molecule has 0 amide bonds. The van der Waals surface area contributed by atoms with Gasteiger partial charge in [-0.15, -0.1) is 0 Å². The predicted octanol–water partition coefficient (Wildman–Crippen LogP) is 4.95. The molecule has 2 aliphatic rings. The summed E-state index contributed by atoms with van der Waals surface area (Å²) in [5.41, 5.74) is 2.24. The molecule has 2 atom stereocenters. The molecule has 188 valence electrons. The maximum atomic E-state index is 9.96. The van der Waals surface area contributed by atoms with Gasteiger partial charge in [-0.25, -0.2) is 5.84 Å². The van der Waals surface area contributed by atoms with Crippen molar-refractivity contribution in [2.24, 2.45) is 11.8 Å². The van der Waals surface area contributed by atoms with Crippen molar-refractivity contribution < 1.29 is 4.74 Å². The Morgan fingerprint density at radius 2 is 1.92 bits per heavy atom. The van der Waals surface area contributed by atoms with Crippen molar-refractivity contribution in [3.63, 3.8) is 0 Å². The van der Waals surface area contributed by atoms with Gasteiger partial charge < -0.3 is 9.75 Å². The van der Waals surface area contributed by atoms with Crippen molar-refractivity contribution in [2.75, 3.05) is 20.2 Å². The van der Waals surface area contributed by atoms with E-state index >= 15 is 0 Å². The molecular formula is C29H36N6O. The van der Waals surface area contributed by atoms with Crippen LogP contribution in [-0.2, 0) is 4.74 Å². The second kappa shape index (κ2) is 12.2. The Morgan fingerprint density at radius 1 is 1.25 bits per heavy atom. The number of likely N-dealkylation sites (N-methyl/N-ethyl adjacent to an activating group) is 1. The van der Waals surface area contributed by atoms with E-state index in [-0.39, 0.29) is 34.3 Å². The number of nitrogens with two attached hydrogens (primary N) is 1. The summed E-state index contributed by atoms with van der Waals surface area (Å²) in [6.07, 6.45) is 10.8. The lowest BCUT2D eigenvalue weighted by atomic mass is 9.85. The predicted molar refractivity (Wildman–Crippen MR) is 142 cm³/mol. The average molecular weight is 485 g/mol. The minimum Gasteiger partial charge on any atom is -0.494 e. The normalized spacial score (nSPS) is 20.4. The molecule has 1 fully saturated rings. The highest BCUT2D eigenvalue weighted by molar-refractivity contribution is 5.63. The fourth-order valence-electron chi connectivity index (χ4n) is 4.89. The lowest BCUT2D eigenvalue weighted by Gasteiger charge is -2.35. The number of nitriles is 3. The van der Waals surface area contributed by atoms with Crippen LogP contribution in [0.4, 0.5) is 0 Å². The SMILES string of the molecule is C=C/C(C1=CC2CC(C)(C)N(CCCCOC(=C)C(=C)C)C2C=C1)=C(/C#N)C(=C(C#N)C#N)N(C)N. The van der Waals surface area contributed by atoms with Crippen LogP contribution in [0.25, 0.3) is 0 Å². The van der Waals surface area contributed by atoms with E-state index in [2.05, 4.69) is 56.7 Å². The Morgan fingerprint density at radius 3 is 2.44 bits per heavy atom. The fourth-order valence-corrected chi connectivity index (χ4v) is 4.89. The first-order valence-electron chi connectivity index (χ1n) is 12.0. The number of unbranched alkanes of at least 4 members (excludes halogenated alkanes) is 1. The highest BCUT2D eigenvalue weighted by Crippen LogP contribution is 2.43. The maximum absolute atomic E-state index is 9.96. The molecule has 7 heteroatoms. The number of likely N-dealkylation sites (tertiary alicyclic amines) is 1. The van der Waals surface area contributed by atoms with E-state index < -0.39 is 0 Å². The molecule has 7 nitrogen and oxygen atoms in total. The molecule has 0 aromatic heterocycles. The minimum absolute atomic E-state index is 0.00121. The second-order valence-electron chi connectivity index (χ2n) is 9.77. The van der Waals surface area contributed by atoms with Gasteiger partial charge in [-0.3, -0.25) is 4.90 Å². The van der Waals surface area contributed by atoms with Crippen LogP contribution in [0.5, 0.6) is 0 Å². The van der Waals surface area contributed by atoms with Gasteiger partial charge in [-0.2, -0.15) is 15.8 Å². The highest BCUT2D eigenvalue weighted by atomic mass is 16.5. The smallest absolute Gasteiger partial charge is 0.155 e. The summed E-state index contributed by atoms with van der Waals surface area (Å²) in [6, 6.07) is 6.06. The summed E-state index contributed by atoms with van der Waals surface area (Å²) in [7, 11) is 1.50. The molecule has 0 radical (unpaired) electrons. The van der Waals surface area contributed by atoms with E-state index in [1.807, 2.05) is 25.1 Å². The molecule has 0 aromatic rings. The van der Waals surface area contributed by atoms with Crippen LogP contribution in [-0.4, -0.2) is 41.7 Å². The van der Waals surface area contributed by atoms with Crippen molar-refractivity contribution in [1.29, 1.82) is 15.8 Å². The third-order valence-electron chi connectivity index (χ3n) is 6.67. The summed E-state index contributed by atoms with van der Waals surface area (Å²) in [5.74, 6) is 6.81. The first-order valence-corrected chi connectivity index (χ1v) is 12.0. The van der Waals surface area contributed by atoms with Gasteiger partial charge in [0.05, 0.1) is 17.9 Å². The van der Waals surface area contributed by atoms with E-state index in [4.69, 9.17) is 10.6 Å². The third kappa shape index (κ3) is 6.23. The summed E-state index contributed by atoms with van der Waals surface area (Å²) in [6.45, 7) is 19.6. The molecular weight excluding hydrogens is 448 g/mol. The van der Waals surface area contributed by atoms with Gasteiger partial charge in [0.2, 0.25) is 0 Å². The Labute approximate surface area is 215 Å². The first kappa shape index (κ1) is 28.4. The topological polar surface area (TPSA) is 113 Å². The standard InChI is InChI=1S/C29H36N6O/c1-8-25(26(19-32)28(34(7)33)24(17-30)18-31)22-11-12-27-23(15-22)16-29(5,6)35(27)13-9-10-14-36-21(4)20(2)3/h8,11-12,15,23,27H,1-2,4,9-10,13-14,16,33H2,3,5-7H3/b26-25+. The number of hydrogen-bond acceptors (Lipinski definition) is 7. The quantitative estimate of drug-likeness (QED) is 0.110. The molecule has 0 saturated carbocycles. The third-order valence-corrected chi connectivity index (χ3v) is 6.67. The maximum Gasteiger partial charge on any atom is 0.155 e. The van der Waals surface area contributed by atoms with E-state index in [1.165, 1.54) is 7.05 Å². The van der Waals surface area contributed by atoms with Crippen molar-refractivity contribution in [3.8, 4) is 18.2 Å². The van der Waals surface area contributed by atoms with Crippen LogP contribution >= 0.6 is 0 Å². The van der Waals surface area contributed by atoms with E-state index in [0.717, 1.165) is 42.0 Å². The fraction of sp³-hybridized carbons (Fsp3) is 0.414. The van der Waals surface area contributed by atoms with Crippen LogP contribution in [0, 0.1) is 39.9 Å². The monoisotopic (exact) mass is 484 g/mol. The molecule has 0 spiro atoms. The van der Waals surface area contributed by atoms with Crippen LogP contribution in [0.2, 0.25) is 0 Å². The summed E-state index contributed by atoms with van der Waals surface area (Å²) >= 11 is 0. The summed E-state index contributed by atoms with van der Waals surface area (Å²) in [4.78, 5) is 2.53. The number of nitrogens with zero attached hydrogens (tertiary/aromatic N) is 5. The van der Waals surface area contributed by atoms with Gasteiger partial charge in [-0.1, -0.05) is 44.0 Å². The largest absolute Gasteiger partial charge is 0.494 e. The zero-order chi connectivity index (χ0) is 27.0. The van der Waals surface area contributed by atoms with Crippen molar-refractivity contribution >= 4 is 0 Å². The highest BCUT2D eigenvalue weighted by Gasteiger charge is 2.44. The summed E-state index contributed by atoms with van der Waals surface area (Å²) in [5, 5.41) is 29.9. The van der Waals surface area contributed by atoms with Gasteiger partial charge in [0.25, 0.3) is 0 Å². The number of hydrazine groups is 1. The molecule has 1 aliphatic carbocycles. The number of hydrogen-bond donors (Lipinski definition) is 1. The molecule has 1 saturated heterocycles. The van der Waals surface area contributed by atoms with E-state index in [9.17, 15) is 15.8 Å². The molecule has 0 aromatic carbocycles. The van der Waals surface area contributed by atoms with Crippen LogP contribution in [0.1, 0.15) is 40.0 Å². The Kier molecular flexibility index (Phi) is 9.65. The number of allylic oxidation sites excluding steroid dienone is 7. The van der Waals surface area contributed by atoms with Crippen molar-refractivity contribution in [1.82, 2.24) is 9.91 Å². The second-order valence-corrected chi connectivity index (χ2v) is 9.77.